The number of nitrogens with zero attached hydrogens (tertiary/aromatic N) is 2. The molecule has 0 aromatic carbocycles. The first-order chi connectivity index (χ1) is 6.67. The average molecular weight is 197 g/mol. The number of hydrogen-bond donors (Lipinski definition) is 1. The maximum atomic E-state index is 11.7. The fourth-order valence-corrected chi connectivity index (χ4v) is 1.29. The van der Waals surface area contributed by atoms with Crippen molar-refractivity contribution in [2.24, 2.45) is 11.7 Å². The summed E-state index contributed by atoms with van der Waals surface area (Å²) in [5, 5.41) is 8.43. The van der Waals surface area contributed by atoms with Crippen LogP contribution < -0.4 is 5.73 Å². The van der Waals surface area contributed by atoms with Gasteiger partial charge in [-0.2, -0.15) is 5.26 Å². The minimum atomic E-state index is -0.0290. The van der Waals surface area contributed by atoms with Crippen LogP contribution in [0.2, 0.25) is 0 Å². The van der Waals surface area contributed by atoms with E-state index in [4.69, 9.17) is 11.0 Å². The number of carbonyl (C=O) groups excluding carboxylic acids is 1. The second-order valence-corrected chi connectivity index (χ2v) is 3.30. The predicted octanol–water partition coefficient (Wildman–Crippen LogP) is 0.733. The summed E-state index contributed by atoms with van der Waals surface area (Å²) in [7, 11) is 0. The average Bonchev–Trinajstić information content (AvgIpc) is 2.19. The summed E-state index contributed by atoms with van der Waals surface area (Å²) in [6, 6.07) is 2.04. The van der Waals surface area contributed by atoms with E-state index in [-0.39, 0.29) is 11.8 Å². The lowest BCUT2D eigenvalue weighted by Crippen LogP contribution is -2.36. The highest BCUT2D eigenvalue weighted by atomic mass is 16.2. The summed E-state index contributed by atoms with van der Waals surface area (Å²) in [6.45, 7) is 5.52. The first-order valence-corrected chi connectivity index (χ1v) is 5.03. The molecule has 0 aliphatic carbocycles. The topological polar surface area (TPSA) is 70.1 Å². The third-order valence-electron chi connectivity index (χ3n) is 2.21. The second kappa shape index (κ2) is 7.34. The zero-order valence-corrected chi connectivity index (χ0v) is 8.99. The van der Waals surface area contributed by atoms with Gasteiger partial charge in [0.1, 0.15) is 0 Å². The van der Waals surface area contributed by atoms with Crippen molar-refractivity contribution < 1.29 is 4.79 Å². The van der Waals surface area contributed by atoms with Crippen molar-refractivity contribution in [1.29, 1.82) is 5.26 Å². The molecule has 14 heavy (non-hydrogen) atoms. The van der Waals surface area contributed by atoms with E-state index in [1.807, 2.05) is 19.9 Å². The summed E-state index contributed by atoms with van der Waals surface area (Å²) in [6.07, 6.45) is 1.11. The van der Waals surface area contributed by atoms with Gasteiger partial charge < -0.3 is 10.6 Å². The Balaban J connectivity index is 4.09. The molecule has 1 amide bonds. The summed E-state index contributed by atoms with van der Waals surface area (Å²) >= 11 is 0. The van der Waals surface area contributed by atoms with Crippen LogP contribution in [0.3, 0.4) is 0 Å². The van der Waals surface area contributed by atoms with Crippen LogP contribution in [0.15, 0.2) is 0 Å². The Morgan fingerprint density at radius 2 is 2.29 bits per heavy atom. The normalized spacial score (nSPS) is 11.9. The second-order valence-electron chi connectivity index (χ2n) is 3.30. The molecule has 0 radical (unpaired) electrons. The highest BCUT2D eigenvalue weighted by Gasteiger charge is 2.17. The lowest BCUT2D eigenvalue weighted by molar-refractivity contribution is -0.134. The number of amides is 1. The molecule has 0 fully saturated rings. The maximum Gasteiger partial charge on any atom is 0.225 e. The van der Waals surface area contributed by atoms with Crippen molar-refractivity contribution in [3.63, 3.8) is 0 Å². The van der Waals surface area contributed by atoms with E-state index < -0.39 is 0 Å². The minimum Gasteiger partial charge on any atom is -0.342 e. The molecule has 0 bridgehead atoms. The van der Waals surface area contributed by atoms with Crippen LogP contribution in [0.25, 0.3) is 0 Å². The Hall–Kier alpha value is -1.08. The molecule has 4 heteroatoms. The van der Waals surface area contributed by atoms with E-state index in [0.717, 1.165) is 0 Å². The Kier molecular flexibility index (Phi) is 6.77. The van der Waals surface area contributed by atoms with E-state index in [9.17, 15) is 4.79 Å². The lowest BCUT2D eigenvalue weighted by atomic mass is 10.1. The molecule has 0 aromatic heterocycles. The number of nitriles is 1. The molecule has 0 rings (SSSR count). The minimum absolute atomic E-state index is 0.0290. The SMILES string of the molecule is CCN(CCC#N)C(=O)C(C)CCN. The van der Waals surface area contributed by atoms with E-state index in [0.29, 0.717) is 32.5 Å². The summed E-state index contributed by atoms with van der Waals surface area (Å²) in [5.74, 6) is 0.0758. The summed E-state index contributed by atoms with van der Waals surface area (Å²) < 4.78 is 0. The monoisotopic (exact) mass is 197 g/mol. The highest BCUT2D eigenvalue weighted by molar-refractivity contribution is 5.78. The van der Waals surface area contributed by atoms with Crippen molar-refractivity contribution in [3.05, 3.63) is 0 Å². The zero-order chi connectivity index (χ0) is 11.0. The fraction of sp³-hybridized carbons (Fsp3) is 0.800. The van der Waals surface area contributed by atoms with Gasteiger partial charge in [0.2, 0.25) is 5.91 Å². The van der Waals surface area contributed by atoms with Gasteiger partial charge in [-0.1, -0.05) is 6.92 Å². The van der Waals surface area contributed by atoms with Gasteiger partial charge in [-0.25, -0.2) is 0 Å². The first-order valence-electron chi connectivity index (χ1n) is 5.03. The van der Waals surface area contributed by atoms with Gasteiger partial charge in [-0.05, 0) is 19.9 Å². The highest BCUT2D eigenvalue weighted by Crippen LogP contribution is 2.06. The number of nitrogens with two attached hydrogens (primary N) is 1. The van der Waals surface area contributed by atoms with Gasteiger partial charge in [0.15, 0.2) is 0 Å². The van der Waals surface area contributed by atoms with Crippen molar-refractivity contribution in [3.8, 4) is 6.07 Å². The van der Waals surface area contributed by atoms with Crippen LogP contribution in [0, 0.1) is 17.2 Å². The molecule has 0 aromatic rings. The molecule has 4 nitrogen and oxygen atoms in total. The Labute approximate surface area is 85.7 Å². The van der Waals surface area contributed by atoms with Gasteiger partial charge in [0, 0.05) is 19.0 Å². The third kappa shape index (κ3) is 4.24. The Bertz CT molecular complexity index is 210. The Morgan fingerprint density at radius 1 is 1.64 bits per heavy atom. The molecule has 1 atom stereocenters. The predicted molar refractivity (Wildman–Crippen MR) is 55.3 cm³/mol. The van der Waals surface area contributed by atoms with Crippen molar-refractivity contribution in [1.82, 2.24) is 4.90 Å². The molecule has 2 N–H and O–H groups in total. The summed E-state index contributed by atoms with van der Waals surface area (Å²) in [5.41, 5.74) is 5.39. The van der Waals surface area contributed by atoms with E-state index >= 15 is 0 Å². The van der Waals surface area contributed by atoms with Gasteiger partial charge in [0.25, 0.3) is 0 Å². The van der Waals surface area contributed by atoms with Crippen LogP contribution in [0.5, 0.6) is 0 Å². The van der Waals surface area contributed by atoms with Gasteiger partial charge in [0.05, 0.1) is 12.5 Å². The van der Waals surface area contributed by atoms with E-state index in [1.54, 1.807) is 4.90 Å². The molecular weight excluding hydrogens is 178 g/mol. The van der Waals surface area contributed by atoms with Crippen LogP contribution in [-0.2, 0) is 4.79 Å². The molecule has 1 unspecified atom stereocenters. The third-order valence-corrected chi connectivity index (χ3v) is 2.21. The molecule has 0 heterocycles. The van der Waals surface area contributed by atoms with E-state index in [2.05, 4.69) is 0 Å². The molecule has 0 spiro atoms. The number of carbonyl (C=O) groups is 1. The fourth-order valence-electron chi connectivity index (χ4n) is 1.29. The number of rotatable bonds is 6. The molecule has 0 saturated carbocycles. The van der Waals surface area contributed by atoms with Gasteiger partial charge >= 0.3 is 0 Å². The quantitative estimate of drug-likeness (QED) is 0.682. The lowest BCUT2D eigenvalue weighted by Gasteiger charge is -2.23. The van der Waals surface area contributed by atoms with Crippen molar-refractivity contribution in [2.45, 2.75) is 26.7 Å². The zero-order valence-electron chi connectivity index (χ0n) is 8.99. The molecule has 0 aliphatic heterocycles. The maximum absolute atomic E-state index is 11.7. The molecule has 80 valence electrons. The Morgan fingerprint density at radius 3 is 2.71 bits per heavy atom. The van der Waals surface area contributed by atoms with Crippen LogP contribution in [-0.4, -0.2) is 30.4 Å². The molecular formula is C10H19N3O. The van der Waals surface area contributed by atoms with Crippen LogP contribution in [0.4, 0.5) is 0 Å². The smallest absolute Gasteiger partial charge is 0.225 e. The van der Waals surface area contributed by atoms with Crippen LogP contribution >= 0.6 is 0 Å². The van der Waals surface area contributed by atoms with E-state index in [1.165, 1.54) is 0 Å². The van der Waals surface area contributed by atoms with Gasteiger partial charge in [-0.15, -0.1) is 0 Å². The largest absolute Gasteiger partial charge is 0.342 e. The van der Waals surface area contributed by atoms with Gasteiger partial charge in [-0.3, -0.25) is 4.79 Å². The summed E-state index contributed by atoms with van der Waals surface area (Å²) in [4.78, 5) is 13.4. The number of hydrogen-bond acceptors (Lipinski definition) is 3. The van der Waals surface area contributed by atoms with Crippen molar-refractivity contribution >= 4 is 5.91 Å². The molecule has 0 saturated heterocycles. The van der Waals surface area contributed by atoms with Crippen molar-refractivity contribution in [2.75, 3.05) is 19.6 Å². The van der Waals surface area contributed by atoms with Crippen LogP contribution in [0.1, 0.15) is 26.7 Å². The molecule has 0 aliphatic rings. The first kappa shape index (κ1) is 12.9. The standard InChI is InChI=1S/C10H19N3O/c1-3-13(8-4-6-11)10(14)9(2)5-7-12/h9H,3-5,7-8,12H2,1-2H3.